The summed E-state index contributed by atoms with van der Waals surface area (Å²) in [7, 11) is 0. The molecule has 0 atom stereocenters. The van der Waals surface area contributed by atoms with E-state index in [-0.39, 0.29) is 0 Å². The highest BCUT2D eigenvalue weighted by Gasteiger charge is 2.07. The zero-order chi connectivity index (χ0) is 14.4. The fraction of sp³-hybridized carbons (Fsp3) is 0. The lowest BCUT2D eigenvalue weighted by molar-refractivity contribution is -0.110. The number of rotatable bonds is 3. The van der Waals surface area contributed by atoms with Gasteiger partial charge in [0.15, 0.2) is 0 Å². The van der Waals surface area contributed by atoms with Crippen molar-refractivity contribution in [3.05, 3.63) is 54.6 Å². The topological polar surface area (TPSA) is 96.9 Å². The maximum absolute atomic E-state index is 11.4. The molecule has 0 aliphatic rings. The van der Waals surface area contributed by atoms with E-state index in [1.54, 1.807) is 24.3 Å². The van der Waals surface area contributed by atoms with Gasteiger partial charge in [0, 0.05) is 5.69 Å². The molecule has 20 heavy (non-hydrogen) atoms. The first-order valence-electron chi connectivity index (χ1n) is 5.81. The van der Waals surface area contributed by atoms with Crippen LogP contribution in [0.4, 0.5) is 5.69 Å². The van der Waals surface area contributed by atoms with Gasteiger partial charge in [0.1, 0.15) is 11.5 Å². The van der Waals surface area contributed by atoms with Crippen molar-refractivity contribution < 1.29 is 14.7 Å². The van der Waals surface area contributed by atoms with Crippen molar-refractivity contribution in [2.75, 3.05) is 5.32 Å². The van der Waals surface area contributed by atoms with E-state index >= 15 is 0 Å². The molecule has 2 rings (SSSR count). The Hall–Kier alpha value is -3.02. The Balaban J connectivity index is 2.02. The van der Waals surface area contributed by atoms with Gasteiger partial charge in [-0.3, -0.25) is 4.79 Å². The standard InChI is InChI=1S/C14H13N3O3/c15-13(17-19)14(18)16-10-6-8-12(9-7-10)20-11-4-2-1-3-5-11/h1-9,19H,(H2,15,17)(H,16,18). The molecule has 0 radical (unpaired) electrons. The molecular formula is C14H13N3O3. The van der Waals surface area contributed by atoms with Crippen LogP contribution in [0.15, 0.2) is 59.8 Å². The van der Waals surface area contributed by atoms with Gasteiger partial charge in [0.2, 0.25) is 5.84 Å². The van der Waals surface area contributed by atoms with Crippen LogP contribution in [0.3, 0.4) is 0 Å². The first-order valence-corrected chi connectivity index (χ1v) is 5.81. The Morgan fingerprint density at radius 2 is 1.65 bits per heavy atom. The van der Waals surface area contributed by atoms with Gasteiger partial charge in [-0.15, -0.1) is 0 Å². The number of hydrogen-bond donors (Lipinski definition) is 3. The number of nitrogens with zero attached hydrogens (tertiary/aromatic N) is 1. The van der Waals surface area contributed by atoms with Gasteiger partial charge < -0.3 is 21.0 Å². The number of benzene rings is 2. The summed E-state index contributed by atoms with van der Waals surface area (Å²) in [6, 6.07) is 16.0. The number of oxime groups is 1. The van der Waals surface area contributed by atoms with E-state index < -0.39 is 11.7 Å². The number of hydrogen-bond acceptors (Lipinski definition) is 4. The highest BCUT2D eigenvalue weighted by molar-refractivity contribution is 6.41. The average molecular weight is 271 g/mol. The van der Waals surface area contributed by atoms with Gasteiger partial charge in [-0.2, -0.15) is 0 Å². The smallest absolute Gasteiger partial charge is 0.294 e. The number of ether oxygens (including phenoxy) is 1. The predicted molar refractivity (Wildman–Crippen MR) is 75.0 cm³/mol. The molecule has 0 aliphatic carbocycles. The maximum atomic E-state index is 11.4. The van der Waals surface area contributed by atoms with Gasteiger partial charge in [-0.05, 0) is 36.4 Å². The lowest BCUT2D eigenvalue weighted by atomic mass is 10.3. The summed E-state index contributed by atoms with van der Waals surface area (Å²) >= 11 is 0. The van der Waals surface area contributed by atoms with Crippen molar-refractivity contribution >= 4 is 17.4 Å². The zero-order valence-corrected chi connectivity index (χ0v) is 10.5. The largest absolute Gasteiger partial charge is 0.457 e. The van der Waals surface area contributed by atoms with Gasteiger partial charge in [0.25, 0.3) is 5.91 Å². The third-order valence-electron chi connectivity index (χ3n) is 2.43. The third-order valence-corrected chi connectivity index (χ3v) is 2.43. The minimum absolute atomic E-state index is 0.505. The molecule has 0 saturated carbocycles. The van der Waals surface area contributed by atoms with Crippen molar-refractivity contribution in [1.82, 2.24) is 0 Å². The number of para-hydroxylation sites is 1. The van der Waals surface area contributed by atoms with Crippen molar-refractivity contribution in [2.24, 2.45) is 10.9 Å². The zero-order valence-electron chi connectivity index (χ0n) is 10.5. The first-order chi connectivity index (χ1) is 9.69. The molecule has 0 aromatic heterocycles. The summed E-state index contributed by atoms with van der Waals surface area (Å²) in [5.41, 5.74) is 5.68. The molecule has 6 nitrogen and oxygen atoms in total. The summed E-state index contributed by atoms with van der Waals surface area (Å²) in [6.07, 6.45) is 0. The van der Waals surface area contributed by atoms with Crippen LogP contribution < -0.4 is 15.8 Å². The number of carbonyl (C=O) groups is 1. The molecular weight excluding hydrogens is 258 g/mol. The molecule has 0 spiro atoms. The van der Waals surface area contributed by atoms with E-state index in [1.807, 2.05) is 30.3 Å². The molecule has 102 valence electrons. The number of amides is 1. The monoisotopic (exact) mass is 271 g/mol. The van der Waals surface area contributed by atoms with Crippen LogP contribution >= 0.6 is 0 Å². The molecule has 2 aromatic carbocycles. The average Bonchev–Trinajstić information content (AvgIpc) is 2.49. The normalized spacial score (nSPS) is 10.9. The Morgan fingerprint density at radius 1 is 1.05 bits per heavy atom. The molecule has 1 amide bonds. The van der Waals surface area contributed by atoms with Crippen molar-refractivity contribution in [1.29, 1.82) is 0 Å². The minimum Gasteiger partial charge on any atom is -0.457 e. The number of carbonyl (C=O) groups excluding carboxylic acids is 1. The highest BCUT2D eigenvalue weighted by atomic mass is 16.5. The predicted octanol–water partition coefficient (Wildman–Crippen LogP) is 2.16. The third kappa shape index (κ3) is 3.49. The quantitative estimate of drug-likeness (QED) is 0.345. The summed E-state index contributed by atoms with van der Waals surface area (Å²) in [6.45, 7) is 0. The molecule has 6 heteroatoms. The van der Waals surface area contributed by atoms with Gasteiger partial charge >= 0.3 is 0 Å². The second kappa shape index (κ2) is 6.24. The molecule has 0 unspecified atom stereocenters. The summed E-state index contributed by atoms with van der Waals surface area (Å²) in [5.74, 6) is 0.178. The summed E-state index contributed by atoms with van der Waals surface area (Å²) < 4.78 is 5.61. The lowest BCUT2D eigenvalue weighted by Crippen LogP contribution is -2.29. The molecule has 0 saturated heterocycles. The van der Waals surface area contributed by atoms with Crippen LogP contribution in [0.25, 0.3) is 0 Å². The van der Waals surface area contributed by atoms with E-state index in [4.69, 9.17) is 15.7 Å². The summed E-state index contributed by atoms with van der Waals surface area (Å²) in [4.78, 5) is 11.4. The Labute approximate surface area is 115 Å². The Bertz CT molecular complexity index is 609. The van der Waals surface area contributed by atoms with Crippen LogP contribution in [0.1, 0.15) is 0 Å². The second-order valence-corrected chi connectivity index (χ2v) is 3.88. The molecule has 0 bridgehead atoms. The molecule has 2 aromatic rings. The molecule has 4 N–H and O–H groups in total. The van der Waals surface area contributed by atoms with E-state index in [2.05, 4.69) is 10.5 Å². The summed E-state index contributed by atoms with van der Waals surface area (Å²) in [5, 5.41) is 13.5. The van der Waals surface area contributed by atoms with Crippen LogP contribution in [0, 0.1) is 0 Å². The highest BCUT2D eigenvalue weighted by Crippen LogP contribution is 2.22. The van der Waals surface area contributed by atoms with E-state index in [9.17, 15) is 4.79 Å². The van der Waals surface area contributed by atoms with Gasteiger partial charge in [-0.25, -0.2) is 0 Å². The van der Waals surface area contributed by atoms with E-state index in [0.29, 0.717) is 11.4 Å². The van der Waals surface area contributed by atoms with Crippen molar-refractivity contribution in [2.45, 2.75) is 0 Å². The Kier molecular flexibility index (Phi) is 4.18. The van der Waals surface area contributed by atoms with Gasteiger partial charge in [0.05, 0.1) is 0 Å². The Morgan fingerprint density at radius 3 is 2.25 bits per heavy atom. The fourth-order valence-corrected chi connectivity index (χ4v) is 1.47. The molecule has 0 heterocycles. The van der Waals surface area contributed by atoms with Crippen LogP contribution in [0.5, 0.6) is 11.5 Å². The number of nitrogens with one attached hydrogen (secondary N) is 1. The number of anilines is 1. The molecule has 0 fully saturated rings. The van der Waals surface area contributed by atoms with E-state index in [1.165, 1.54) is 0 Å². The number of amidine groups is 1. The lowest BCUT2D eigenvalue weighted by Gasteiger charge is -2.07. The molecule has 0 aliphatic heterocycles. The van der Waals surface area contributed by atoms with Crippen molar-refractivity contribution in [3.8, 4) is 11.5 Å². The fourth-order valence-electron chi connectivity index (χ4n) is 1.47. The first kappa shape index (κ1) is 13.4. The number of nitrogens with two attached hydrogens (primary N) is 1. The van der Waals surface area contributed by atoms with Crippen LogP contribution in [-0.2, 0) is 4.79 Å². The van der Waals surface area contributed by atoms with E-state index in [0.717, 1.165) is 5.75 Å². The van der Waals surface area contributed by atoms with Gasteiger partial charge in [-0.1, -0.05) is 23.4 Å². The van der Waals surface area contributed by atoms with Crippen LogP contribution in [0.2, 0.25) is 0 Å². The van der Waals surface area contributed by atoms with Crippen molar-refractivity contribution in [3.63, 3.8) is 0 Å². The maximum Gasteiger partial charge on any atom is 0.294 e. The van der Waals surface area contributed by atoms with Crippen LogP contribution in [-0.4, -0.2) is 17.0 Å². The minimum atomic E-state index is -0.677. The SMILES string of the molecule is N/C(=N/O)C(=O)Nc1ccc(Oc2ccccc2)cc1. The second-order valence-electron chi connectivity index (χ2n) is 3.88.